The van der Waals surface area contributed by atoms with E-state index in [1.165, 1.54) is 0 Å². The number of aliphatic hydroxyl groups is 2. The van der Waals surface area contributed by atoms with E-state index in [4.69, 9.17) is 14.5 Å². The highest BCUT2D eigenvalue weighted by molar-refractivity contribution is 5.49. The molecule has 0 aliphatic carbocycles. The summed E-state index contributed by atoms with van der Waals surface area (Å²) >= 11 is 0. The maximum absolute atomic E-state index is 10.3. The van der Waals surface area contributed by atoms with Crippen molar-refractivity contribution in [2.24, 2.45) is 0 Å². The fourth-order valence-corrected chi connectivity index (χ4v) is 3.93. The van der Waals surface area contributed by atoms with Gasteiger partial charge in [-0.15, -0.1) is 0 Å². The highest BCUT2D eigenvalue weighted by Gasteiger charge is 2.23. The van der Waals surface area contributed by atoms with Gasteiger partial charge in [-0.1, -0.05) is 61.9 Å². The van der Waals surface area contributed by atoms with Crippen molar-refractivity contribution in [1.29, 1.82) is 0 Å². The van der Waals surface area contributed by atoms with Crippen LogP contribution in [0.1, 0.15) is 47.7 Å². The van der Waals surface area contributed by atoms with Gasteiger partial charge in [0.25, 0.3) is 0 Å². The maximum atomic E-state index is 10.3. The zero-order chi connectivity index (χ0) is 23.9. The third-order valence-electron chi connectivity index (χ3n) is 5.57. The van der Waals surface area contributed by atoms with Gasteiger partial charge in [0.05, 0.1) is 11.3 Å². The number of hydrogen-bond donors (Lipinski definition) is 2. The molecule has 0 saturated heterocycles. The Bertz CT molecular complexity index is 1220. The Kier molecular flexibility index (Phi) is 7.58. The summed E-state index contributed by atoms with van der Waals surface area (Å²) in [6, 6.07) is 26.8. The van der Waals surface area contributed by atoms with Crippen LogP contribution in [0.25, 0.3) is 0 Å². The summed E-state index contributed by atoms with van der Waals surface area (Å²) in [5.74, 6) is 2.56. The minimum atomic E-state index is -1.68. The van der Waals surface area contributed by atoms with Crippen molar-refractivity contribution in [2.45, 2.75) is 39.4 Å². The van der Waals surface area contributed by atoms with Gasteiger partial charge < -0.3 is 19.7 Å². The summed E-state index contributed by atoms with van der Waals surface area (Å²) in [6.45, 7) is 3.92. The first kappa shape index (κ1) is 23.5. The molecule has 0 bridgehead atoms. The molecule has 3 aromatic carbocycles. The van der Waals surface area contributed by atoms with Crippen molar-refractivity contribution in [2.75, 3.05) is 0 Å². The number of benzene rings is 3. The van der Waals surface area contributed by atoms with Gasteiger partial charge in [0.15, 0.2) is 12.0 Å². The highest BCUT2D eigenvalue weighted by Crippen LogP contribution is 2.36. The molecule has 0 aliphatic heterocycles. The van der Waals surface area contributed by atoms with Gasteiger partial charge in [-0.25, -0.2) is 0 Å². The van der Waals surface area contributed by atoms with Crippen molar-refractivity contribution in [3.05, 3.63) is 113 Å². The van der Waals surface area contributed by atoms with E-state index in [9.17, 15) is 10.2 Å². The smallest absolute Gasteiger partial charge is 0.182 e. The molecule has 0 saturated carbocycles. The summed E-state index contributed by atoms with van der Waals surface area (Å²) in [5.41, 5.74) is 3.57. The molecule has 0 fully saturated rings. The molecule has 0 amide bonds. The summed E-state index contributed by atoms with van der Waals surface area (Å²) < 4.78 is 12.1. The Morgan fingerprint density at radius 3 is 2.00 bits per heavy atom. The number of aromatic nitrogens is 1. The lowest BCUT2D eigenvalue weighted by Gasteiger charge is -2.21. The van der Waals surface area contributed by atoms with E-state index in [0.717, 1.165) is 29.2 Å². The number of aliphatic hydroxyl groups excluding tert-OH is 1. The topological polar surface area (TPSA) is 71.8 Å². The van der Waals surface area contributed by atoms with Gasteiger partial charge in [-0.2, -0.15) is 0 Å². The summed E-state index contributed by atoms with van der Waals surface area (Å²) in [5, 5.41) is 20.6. The van der Waals surface area contributed by atoms with Crippen LogP contribution in [0.15, 0.2) is 84.9 Å². The molecule has 0 radical (unpaired) electrons. The quantitative estimate of drug-likeness (QED) is 0.282. The molecular weight excluding hydrogens is 426 g/mol. The van der Waals surface area contributed by atoms with E-state index in [0.29, 0.717) is 41.2 Å². The lowest BCUT2D eigenvalue weighted by molar-refractivity contribution is -0.0443. The molecule has 5 nitrogen and oxygen atoms in total. The number of hydrogen-bond acceptors (Lipinski definition) is 5. The Morgan fingerprint density at radius 1 is 0.765 bits per heavy atom. The average Bonchev–Trinajstić information content (AvgIpc) is 2.83. The fourth-order valence-electron chi connectivity index (χ4n) is 3.93. The third-order valence-corrected chi connectivity index (χ3v) is 5.57. The van der Waals surface area contributed by atoms with Crippen LogP contribution in [0.3, 0.4) is 0 Å². The van der Waals surface area contributed by atoms with Crippen LogP contribution >= 0.6 is 0 Å². The Hall–Kier alpha value is -3.67. The van der Waals surface area contributed by atoms with Crippen molar-refractivity contribution in [3.8, 4) is 23.0 Å². The third kappa shape index (κ3) is 5.63. The van der Waals surface area contributed by atoms with E-state index in [2.05, 4.69) is 6.92 Å². The van der Waals surface area contributed by atoms with Crippen LogP contribution in [-0.4, -0.2) is 15.2 Å². The fraction of sp³-hybridized carbons (Fsp3) is 0.207. The van der Waals surface area contributed by atoms with Crippen LogP contribution in [-0.2, 0) is 12.8 Å². The van der Waals surface area contributed by atoms with Gasteiger partial charge >= 0.3 is 0 Å². The zero-order valence-electron chi connectivity index (χ0n) is 19.4. The number of nitrogens with zero attached hydrogens (tertiary/aromatic N) is 1. The second-order valence-corrected chi connectivity index (χ2v) is 8.15. The average molecular weight is 456 g/mol. The Morgan fingerprint density at radius 2 is 1.38 bits per heavy atom. The second-order valence-electron chi connectivity index (χ2n) is 8.15. The SMILES string of the molecule is CCCc1nc(Cc2cccc(Oc3ccccc3)c2)c(C)c(C(O)O)c1Oc1ccccc1. The molecule has 34 heavy (non-hydrogen) atoms. The molecule has 0 aliphatic rings. The molecule has 1 aromatic heterocycles. The maximum Gasteiger partial charge on any atom is 0.182 e. The Balaban J connectivity index is 1.69. The normalized spacial score (nSPS) is 11.0. The van der Waals surface area contributed by atoms with E-state index < -0.39 is 6.29 Å². The van der Waals surface area contributed by atoms with Gasteiger partial charge in [-0.05, 0) is 60.9 Å². The molecule has 0 atom stereocenters. The van der Waals surface area contributed by atoms with E-state index >= 15 is 0 Å². The first-order valence-corrected chi connectivity index (χ1v) is 11.5. The van der Waals surface area contributed by atoms with Gasteiger partial charge in [0, 0.05) is 12.1 Å². The number of aryl methyl sites for hydroxylation is 1. The molecule has 0 unspecified atom stereocenters. The van der Waals surface area contributed by atoms with Crippen LogP contribution < -0.4 is 9.47 Å². The number of pyridine rings is 1. The van der Waals surface area contributed by atoms with Crippen molar-refractivity contribution in [3.63, 3.8) is 0 Å². The van der Waals surface area contributed by atoms with Gasteiger partial charge in [0.2, 0.25) is 0 Å². The molecule has 4 aromatic rings. The van der Waals surface area contributed by atoms with Crippen LogP contribution in [0.4, 0.5) is 0 Å². The predicted octanol–water partition coefficient (Wildman–Crippen LogP) is 6.50. The monoisotopic (exact) mass is 455 g/mol. The van der Waals surface area contributed by atoms with E-state index in [-0.39, 0.29) is 0 Å². The Labute approximate surface area is 200 Å². The highest BCUT2D eigenvalue weighted by atomic mass is 16.5. The molecular formula is C29H29NO4. The van der Waals surface area contributed by atoms with Crippen molar-refractivity contribution < 1.29 is 19.7 Å². The van der Waals surface area contributed by atoms with Crippen molar-refractivity contribution >= 4 is 0 Å². The minimum Gasteiger partial charge on any atom is -0.457 e. The van der Waals surface area contributed by atoms with Crippen LogP contribution in [0.5, 0.6) is 23.0 Å². The van der Waals surface area contributed by atoms with Gasteiger partial charge in [-0.3, -0.25) is 4.98 Å². The first-order valence-electron chi connectivity index (χ1n) is 11.5. The number of ether oxygens (including phenoxy) is 2. The summed E-state index contributed by atoms with van der Waals surface area (Å²) in [7, 11) is 0. The number of rotatable bonds is 9. The van der Waals surface area contributed by atoms with E-state index in [1.807, 2.05) is 91.9 Å². The molecule has 0 spiro atoms. The first-order chi connectivity index (χ1) is 16.5. The van der Waals surface area contributed by atoms with Crippen LogP contribution in [0.2, 0.25) is 0 Å². The predicted molar refractivity (Wildman–Crippen MR) is 132 cm³/mol. The van der Waals surface area contributed by atoms with Gasteiger partial charge in [0.1, 0.15) is 17.2 Å². The number of para-hydroxylation sites is 2. The molecule has 5 heteroatoms. The molecule has 2 N–H and O–H groups in total. The summed E-state index contributed by atoms with van der Waals surface area (Å²) in [4.78, 5) is 4.92. The minimum absolute atomic E-state index is 0.356. The molecule has 1 heterocycles. The molecule has 174 valence electrons. The summed E-state index contributed by atoms with van der Waals surface area (Å²) in [6.07, 6.45) is 0.359. The standard InChI is InChI=1S/C29H29NO4/c1-3-11-25-28(34-23-15-8-5-9-16-23)27(29(31)32)20(2)26(30-25)19-21-12-10-17-24(18-21)33-22-13-6-4-7-14-22/h4-10,12-18,29,31-32H,3,11,19H2,1-2H3. The van der Waals surface area contributed by atoms with Crippen molar-refractivity contribution in [1.82, 2.24) is 4.98 Å². The largest absolute Gasteiger partial charge is 0.457 e. The lowest BCUT2D eigenvalue weighted by atomic mass is 9.98. The van der Waals surface area contributed by atoms with Crippen LogP contribution in [0, 0.1) is 6.92 Å². The molecule has 4 rings (SSSR count). The second kappa shape index (κ2) is 11.0. The lowest BCUT2D eigenvalue weighted by Crippen LogP contribution is -2.11. The zero-order valence-corrected chi connectivity index (χ0v) is 19.4. The van der Waals surface area contributed by atoms with E-state index in [1.54, 1.807) is 0 Å².